The molecule has 0 saturated heterocycles. The normalized spacial score (nSPS) is 12.1. The molecule has 0 aliphatic carbocycles. The molecule has 0 bridgehead atoms. The van der Waals surface area contributed by atoms with Crippen molar-refractivity contribution in [2.45, 2.75) is 39.5 Å². The topological polar surface area (TPSA) is 13.1 Å². The molecule has 0 aliphatic heterocycles. The fourth-order valence-corrected chi connectivity index (χ4v) is 2.47. The molecule has 14 heavy (non-hydrogen) atoms. The van der Waals surface area contributed by atoms with Crippen LogP contribution in [0.1, 0.15) is 50.2 Å². The lowest BCUT2D eigenvalue weighted by molar-refractivity contribution is 0.521. The van der Waals surface area contributed by atoms with Crippen LogP contribution in [0.2, 0.25) is 0 Å². The van der Waals surface area contributed by atoms with E-state index in [0.717, 1.165) is 11.3 Å². The summed E-state index contributed by atoms with van der Waals surface area (Å²) >= 11 is 1.85. The fraction of sp³-hybridized carbons (Fsp3) is 0.500. The SMILES string of the molecule is CC(C)c1cc2sc(C(C)C)cc2o1. The summed E-state index contributed by atoms with van der Waals surface area (Å²) in [6.07, 6.45) is 0. The minimum atomic E-state index is 0.483. The Bertz CT molecular complexity index is 365. The van der Waals surface area contributed by atoms with Crippen LogP contribution >= 0.6 is 11.3 Å². The summed E-state index contributed by atoms with van der Waals surface area (Å²) in [7, 11) is 0. The van der Waals surface area contributed by atoms with E-state index in [-0.39, 0.29) is 0 Å². The number of rotatable bonds is 2. The number of hydrogen-bond donors (Lipinski definition) is 0. The highest BCUT2D eigenvalue weighted by molar-refractivity contribution is 7.19. The van der Waals surface area contributed by atoms with Crippen molar-refractivity contribution in [3.8, 4) is 0 Å². The zero-order valence-corrected chi connectivity index (χ0v) is 9.94. The monoisotopic (exact) mass is 208 g/mol. The van der Waals surface area contributed by atoms with Gasteiger partial charge in [-0.15, -0.1) is 11.3 Å². The van der Waals surface area contributed by atoms with Gasteiger partial charge < -0.3 is 4.42 Å². The smallest absolute Gasteiger partial charge is 0.145 e. The van der Waals surface area contributed by atoms with Crippen molar-refractivity contribution in [2.75, 3.05) is 0 Å². The zero-order chi connectivity index (χ0) is 10.3. The van der Waals surface area contributed by atoms with Gasteiger partial charge in [-0.2, -0.15) is 0 Å². The Balaban J connectivity index is 2.45. The molecule has 0 atom stereocenters. The van der Waals surface area contributed by atoms with Gasteiger partial charge in [0.1, 0.15) is 11.3 Å². The molecule has 2 aromatic heterocycles. The fourth-order valence-electron chi connectivity index (χ4n) is 1.44. The van der Waals surface area contributed by atoms with E-state index in [1.54, 1.807) is 0 Å². The van der Waals surface area contributed by atoms with Crippen LogP contribution in [0, 0.1) is 0 Å². The second-order valence-corrected chi connectivity index (χ2v) is 5.45. The van der Waals surface area contributed by atoms with Gasteiger partial charge in [0.25, 0.3) is 0 Å². The Kier molecular flexibility index (Phi) is 2.40. The highest BCUT2D eigenvalue weighted by Gasteiger charge is 2.12. The van der Waals surface area contributed by atoms with Crippen LogP contribution < -0.4 is 0 Å². The average molecular weight is 208 g/mol. The first-order valence-electron chi connectivity index (χ1n) is 5.11. The van der Waals surface area contributed by atoms with E-state index in [2.05, 4.69) is 39.8 Å². The van der Waals surface area contributed by atoms with Gasteiger partial charge in [0.05, 0.1) is 4.70 Å². The van der Waals surface area contributed by atoms with Crippen LogP contribution in [0.5, 0.6) is 0 Å². The summed E-state index contributed by atoms with van der Waals surface area (Å²) in [4.78, 5) is 1.41. The highest BCUT2D eigenvalue weighted by Crippen LogP contribution is 2.34. The summed E-state index contributed by atoms with van der Waals surface area (Å²) in [6, 6.07) is 4.35. The van der Waals surface area contributed by atoms with Crippen molar-refractivity contribution >= 4 is 21.6 Å². The van der Waals surface area contributed by atoms with Gasteiger partial charge in [-0.3, -0.25) is 0 Å². The van der Waals surface area contributed by atoms with Crippen LogP contribution in [-0.2, 0) is 0 Å². The Morgan fingerprint density at radius 3 is 2.29 bits per heavy atom. The van der Waals surface area contributed by atoms with E-state index in [1.807, 2.05) is 11.3 Å². The van der Waals surface area contributed by atoms with Crippen molar-refractivity contribution in [1.29, 1.82) is 0 Å². The second-order valence-electron chi connectivity index (χ2n) is 4.34. The zero-order valence-electron chi connectivity index (χ0n) is 9.13. The first-order chi connectivity index (χ1) is 6.58. The van der Waals surface area contributed by atoms with Crippen LogP contribution in [0.3, 0.4) is 0 Å². The molecule has 2 heteroatoms. The van der Waals surface area contributed by atoms with Gasteiger partial charge in [0.2, 0.25) is 0 Å². The highest BCUT2D eigenvalue weighted by atomic mass is 32.1. The molecule has 1 nitrogen and oxygen atoms in total. The minimum Gasteiger partial charge on any atom is -0.460 e. The van der Waals surface area contributed by atoms with Crippen molar-refractivity contribution < 1.29 is 4.42 Å². The maximum absolute atomic E-state index is 5.77. The molecule has 0 N–H and O–H groups in total. The van der Waals surface area contributed by atoms with Gasteiger partial charge in [-0.05, 0) is 18.1 Å². The quantitative estimate of drug-likeness (QED) is 0.694. The molecule has 0 unspecified atom stereocenters. The maximum atomic E-state index is 5.77. The molecule has 2 aromatic rings. The van der Waals surface area contributed by atoms with Crippen molar-refractivity contribution in [1.82, 2.24) is 0 Å². The third kappa shape index (κ3) is 1.59. The Labute approximate surface area is 88.7 Å². The van der Waals surface area contributed by atoms with Gasteiger partial charge in [-0.25, -0.2) is 0 Å². The minimum absolute atomic E-state index is 0.483. The van der Waals surface area contributed by atoms with E-state index < -0.39 is 0 Å². The first-order valence-corrected chi connectivity index (χ1v) is 5.92. The Morgan fingerprint density at radius 1 is 1.07 bits per heavy atom. The molecule has 76 valence electrons. The lowest BCUT2D eigenvalue weighted by Gasteiger charge is -1.98. The molecular weight excluding hydrogens is 192 g/mol. The average Bonchev–Trinajstić information content (AvgIpc) is 2.57. The number of hydrogen-bond acceptors (Lipinski definition) is 2. The molecule has 2 rings (SSSR count). The number of fused-ring (bicyclic) bond motifs is 1. The lowest BCUT2D eigenvalue weighted by Crippen LogP contribution is -1.81. The second kappa shape index (κ2) is 3.43. The van der Waals surface area contributed by atoms with Crippen molar-refractivity contribution in [3.05, 3.63) is 22.8 Å². The Hall–Kier alpha value is -0.760. The molecule has 0 saturated carbocycles. The largest absolute Gasteiger partial charge is 0.460 e. The van der Waals surface area contributed by atoms with E-state index in [9.17, 15) is 0 Å². The molecule has 0 amide bonds. The number of furan rings is 1. The summed E-state index contributed by atoms with van der Waals surface area (Å²) in [6.45, 7) is 8.75. The van der Waals surface area contributed by atoms with E-state index in [1.165, 1.54) is 9.58 Å². The van der Waals surface area contributed by atoms with E-state index in [0.29, 0.717) is 11.8 Å². The standard InChI is InChI=1S/C12H16OS/c1-7(2)9-5-12-10(13-9)6-11(14-12)8(3)4/h5-8H,1-4H3. The summed E-state index contributed by atoms with van der Waals surface area (Å²) in [5.74, 6) is 2.18. The van der Waals surface area contributed by atoms with E-state index >= 15 is 0 Å². The van der Waals surface area contributed by atoms with Crippen LogP contribution in [0.4, 0.5) is 0 Å². The first kappa shape index (κ1) is 9.78. The van der Waals surface area contributed by atoms with Gasteiger partial charge >= 0.3 is 0 Å². The third-order valence-corrected chi connectivity index (χ3v) is 3.75. The molecule has 0 spiro atoms. The lowest BCUT2D eigenvalue weighted by atomic mass is 10.2. The molecular formula is C12H16OS. The maximum Gasteiger partial charge on any atom is 0.145 e. The predicted molar refractivity (Wildman–Crippen MR) is 62.3 cm³/mol. The van der Waals surface area contributed by atoms with Crippen molar-refractivity contribution in [3.63, 3.8) is 0 Å². The van der Waals surface area contributed by atoms with Gasteiger partial charge in [-0.1, -0.05) is 27.7 Å². The Morgan fingerprint density at radius 2 is 1.79 bits per heavy atom. The molecule has 2 heterocycles. The molecule has 0 radical (unpaired) electrons. The molecule has 0 aromatic carbocycles. The van der Waals surface area contributed by atoms with Gasteiger partial charge in [0.15, 0.2) is 0 Å². The van der Waals surface area contributed by atoms with Gasteiger partial charge in [0, 0.05) is 10.8 Å². The van der Waals surface area contributed by atoms with Crippen LogP contribution in [0.15, 0.2) is 16.5 Å². The van der Waals surface area contributed by atoms with Crippen molar-refractivity contribution in [2.24, 2.45) is 0 Å². The predicted octanol–water partition coefficient (Wildman–Crippen LogP) is 4.74. The third-order valence-electron chi connectivity index (χ3n) is 2.38. The number of thiophene rings is 1. The van der Waals surface area contributed by atoms with Crippen LogP contribution in [-0.4, -0.2) is 0 Å². The summed E-state index contributed by atoms with van der Waals surface area (Å²) < 4.78 is 7.06. The van der Waals surface area contributed by atoms with E-state index in [4.69, 9.17) is 4.42 Å². The summed E-state index contributed by atoms with van der Waals surface area (Å²) in [5, 5.41) is 0. The van der Waals surface area contributed by atoms with Crippen LogP contribution in [0.25, 0.3) is 10.3 Å². The molecule has 0 aliphatic rings. The summed E-state index contributed by atoms with van der Waals surface area (Å²) in [5.41, 5.74) is 1.06. The molecule has 0 fully saturated rings.